The molecule has 1 aliphatic rings. The van der Waals surface area contributed by atoms with E-state index in [0.29, 0.717) is 18.7 Å². The van der Waals surface area contributed by atoms with E-state index in [0.717, 1.165) is 18.2 Å². The summed E-state index contributed by atoms with van der Waals surface area (Å²) >= 11 is 0. The molecule has 1 aromatic carbocycles. The number of likely N-dealkylation sites (tertiary alicyclic amines) is 1. The fourth-order valence-electron chi connectivity index (χ4n) is 2.20. The summed E-state index contributed by atoms with van der Waals surface area (Å²) in [4.78, 5) is 14.2. The number of carbonyl (C=O) groups is 1. The lowest BCUT2D eigenvalue weighted by Gasteiger charge is -2.17. The highest BCUT2D eigenvalue weighted by atomic mass is 35.5. The molecule has 1 amide bonds. The van der Waals surface area contributed by atoms with Gasteiger partial charge in [-0.1, -0.05) is 6.07 Å². The minimum Gasteiger partial charge on any atom is -0.337 e. The van der Waals surface area contributed by atoms with E-state index >= 15 is 0 Å². The second-order valence-corrected chi connectivity index (χ2v) is 7.06. The van der Waals surface area contributed by atoms with Gasteiger partial charge in [0.2, 0.25) is 0 Å². The number of sulfone groups is 1. The van der Waals surface area contributed by atoms with E-state index in [2.05, 4.69) is 0 Å². The van der Waals surface area contributed by atoms with E-state index < -0.39 is 9.84 Å². The van der Waals surface area contributed by atoms with Gasteiger partial charge in [-0.3, -0.25) is 4.79 Å². The molecule has 20 heavy (non-hydrogen) atoms. The van der Waals surface area contributed by atoms with E-state index in [-0.39, 0.29) is 29.3 Å². The van der Waals surface area contributed by atoms with E-state index in [1.54, 1.807) is 17.9 Å². The first-order valence-corrected chi connectivity index (χ1v) is 8.04. The van der Waals surface area contributed by atoms with Crippen LogP contribution in [0.5, 0.6) is 0 Å². The number of benzene rings is 1. The number of hydrogen-bond donors (Lipinski definition) is 1. The van der Waals surface area contributed by atoms with Crippen molar-refractivity contribution in [2.45, 2.75) is 24.3 Å². The number of nitrogens with zero attached hydrogens (tertiary/aromatic N) is 1. The average molecular weight is 319 g/mol. The predicted molar refractivity (Wildman–Crippen MR) is 80.0 cm³/mol. The second-order valence-electron chi connectivity index (χ2n) is 5.05. The molecule has 112 valence electrons. The van der Waals surface area contributed by atoms with Gasteiger partial charge in [0.05, 0.1) is 4.90 Å². The second kappa shape index (κ2) is 6.11. The number of rotatable bonds is 2. The van der Waals surface area contributed by atoms with Crippen LogP contribution in [0.3, 0.4) is 0 Å². The summed E-state index contributed by atoms with van der Waals surface area (Å²) in [6, 6.07) is 4.66. The Hall–Kier alpha value is -1.11. The molecular formula is C13H19ClN2O3S. The van der Waals surface area contributed by atoms with Crippen molar-refractivity contribution in [1.29, 1.82) is 0 Å². The van der Waals surface area contributed by atoms with E-state index in [1.807, 2.05) is 0 Å². The molecular weight excluding hydrogens is 300 g/mol. The number of aryl methyl sites for hydroxylation is 1. The van der Waals surface area contributed by atoms with Crippen molar-refractivity contribution >= 4 is 28.2 Å². The number of carbonyl (C=O) groups excluding carboxylic acids is 1. The van der Waals surface area contributed by atoms with Crippen LogP contribution in [0.4, 0.5) is 0 Å². The largest absolute Gasteiger partial charge is 0.337 e. The average Bonchev–Trinajstić information content (AvgIpc) is 2.74. The van der Waals surface area contributed by atoms with E-state index in [9.17, 15) is 13.2 Å². The summed E-state index contributed by atoms with van der Waals surface area (Å²) in [6.45, 7) is 2.96. The Bertz CT molecular complexity index is 616. The van der Waals surface area contributed by atoms with Crippen LogP contribution in [0.1, 0.15) is 22.3 Å². The molecule has 0 saturated carbocycles. The molecule has 5 nitrogen and oxygen atoms in total. The Morgan fingerprint density at radius 3 is 2.55 bits per heavy atom. The van der Waals surface area contributed by atoms with Crippen LogP contribution in [-0.4, -0.2) is 44.6 Å². The fraction of sp³-hybridized carbons (Fsp3) is 0.462. The van der Waals surface area contributed by atoms with Crippen molar-refractivity contribution < 1.29 is 13.2 Å². The molecule has 0 unspecified atom stereocenters. The van der Waals surface area contributed by atoms with Gasteiger partial charge in [0.15, 0.2) is 9.84 Å². The van der Waals surface area contributed by atoms with Crippen LogP contribution in [0.25, 0.3) is 0 Å². The summed E-state index contributed by atoms with van der Waals surface area (Å²) in [6.07, 6.45) is 1.92. The molecule has 0 spiro atoms. The third-order valence-electron chi connectivity index (χ3n) is 3.38. The molecule has 0 radical (unpaired) electrons. The maximum Gasteiger partial charge on any atom is 0.254 e. The Labute approximate surface area is 125 Å². The fourth-order valence-corrected chi connectivity index (χ4v) is 2.85. The maximum atomic E-state index is 12.4. The zero-order chi connectivity index (χ0) is 14.2. The Balaban J connectivity index is 0.00000200. The van der Waals surface area contributed by atoms with Gasteiger partial charge >= 0.3 is 0 Å². The van der Waals surface area contributed by atoms with Gasteiger partial charge in [-0.05, 0) is 31.0 Å². The molecule has 0 bridgehead atoms. The van der Waals surface area contributed by atoms with Gasteiger partial charge in [-0.15, -0.1) is 12.4 Å². The van der Waals surface area contributed by atoms with Crippen LogP contribution in [0.2, 0.25) is 0 Å². The zero-order valence-corrected chi connectivity index (χ0v) is 13.1. The van der Waals surface area contributed by atoms with Crippen molar-refractivity contribution in [3.05, 3.63) is 29.3 Å². The van der Waals surface area contributed by atoms with Gasteiger partial charge in [0.1, 0.15) is 0 Å². The van der Waals surface area contributed by atoms with Crippen molar-refractivity contribution in [3.8, 4) is 0 Å². The molecule has 7 heteroatoms. The molecule has 1 fully saturated rings. The lowest BCUT2D eigenvalue weighted by Crippen LogP contribution is -2.32. The third kappa shape index (κ3) is 3.50. The SMILES string of the molecule is Cc1ccc(S(C)(=O)=O)cc1C(=O)N1CC[C@@H](N)C1.Cl. The summed E-state index contributed by atoms with van der Waals surface area (Å²) in [5.41, 5.74) is 7.01. The highest BCUT2D eigenvalue weighted by Gasteiger charge is 2.26. The lowest BCUT2D eigenvalue weighted by atomic mass is 10.1. The number of amides is 1. The highest BCUT2D eigenvalue weighted by molar-refractivity contribution is 7.90. The van der Waals surface area contributed by atoms with Crippen LogP contribution in [-0.2, 0) is 9.84 Å². The first kappa shape index (κ1) is 16.9. The quantitative estimate of drug-likeness (QED) is 0.882. The van der Waals surface area contributed by atoms with Crippen LogP contribution >= 0.6 is 12.4 Å². The summed E-state index contributed by atoms with van der Waals surface area (Å²) < 4.78 is 23.1. The van der Waals surface area contributed by atoms with Crippen molar-refractivity contribution in [3.63, 3.8) is 0 Å². The molecule has 1 heterocycles. The molecule has 2 rings (SSSR count). The maximum absolute atomic E-state index is 12.4. The zero-order valence-electron chi connectivity index (χ0n) is 11.5. The smallest absolute Gasteiger partial charge is 0.254 e. The van der Waals surface area contributed by atoms with Gasteiger partial charge in [0, 0.05) is 31.0 Å². The summed E-state index contributed by atoms with van der Waals surface area (Å²) in [5.74, 6) is -0.143. The number of nitrogens with two attached hydrogens (primary N) is 1. The number of halogens is 1. The molecule has 1 saturated heterocycles. The lowest BCUT2D eigenvalue weighted by molar-refractivity contribution is 0.0790. The molecule has 1 atom stereocenters. The Morgan fingerprint density at radius 1 is 1.40 bits per heavy atom. The highest BCUT2D eigenvalue weighted by Crippen LogP contribution is 2.19. The van der Waals surface area contributed by atoms with E-state index in [1.165, 1.54) is 12.1 Å². The molecule has 1 aliphatic heterocycles. The van der Waals surface area contributed by atoms with Gasteiger partial charge in [0.25, 0.3) is 5.91 Å². The van der Waals surface area contributed by atoms with Crippen molar-refractivity contribution in [2.24, 2.45) is 5.73 Å². The van der Waals surface area contributed by atoms with Crippen LogP contribution in [0.15, 0.2) is 23.1 Å². The molecule has 0 aliphatic carbocycles. The monoisotopic (exact) mass is 318 g/mol. The van der Waals surface area contributed by atoms with Gasteiger partial charge < -0.3 is 10.6 Å². The Kier molecular flexibility index (Phi) is 5.18. The predicted octanol–water partition coefficient (Wildman–Crippen LogP) is 0.994. The molecule has 1 aromatic rings. The third-order valence-corrected chi connectivity index (χ3v) is 4.49. The molecule has 2 N–H and O–H groups in total. The standard InChI is InChI=1S/C13H18N2O3S.ClH/c1-9-3-4-11(19(2,17)18)7-12(9)13(16)15-6-5-10(14)8-15;/h3-4,7,10H,5-6,8,14H2,1-2H3;1H/t10-;/m1./s1. The topological polar surface area (TPSA) is 80.5 Å². The number of hydrogen-bond acceptors (Lipinski definition) is 4. The normalized spacial score (nSPS) is 18.8. The van der Waals surface area contributed by atoms with Crippen molar-refractivity contribution in [1.82, 2.24) is 4.90 Å². The van der Waals surface area contributed by atoms with Crippen LogP contribution < -0.4 is 5.73 Å². The summed E-state index contributed by atoms with van der Waals surface area (Å²) in [7, 11) is -3.31. The Morgan fingerprint density at radius 2 is 2.05 bits per heavy atom. The van der Waals surface area contributed by atoms with Gasteiger partial charge in [-0.2, -0.15) is 0 Å². The minimum atomic E-state index is -3.31. The van der Waals surface area contributed by atoms with Crippen molar-refractivity contribution in [2.75, 3.05) is 19.3 Å². The van der Waals surface area contributed by atoms with E-state index in [4.69, 9.17) is 5.73 Å². The first-order chi connectivity index (χ1) is 8.79. The van der Waals surface area contributed by atoms with Crippen LogP contribution in [0, 0.1) is 6.92 Å². The minimum absolute atomic E-state index is 0. The first-order valence-electron chi connectivity index (χ1n) is 6.14. The molecule has 0 aromatic heterocycles. The summed E-state index contributed by atoms with van der Waals surface area (Å²) in [5, 5.41) is 0. The van der Waals surface area contributed by atoms with Gasteiger partial charge in [-0.25, -0.2) is 8.42 Å².